The summed E-state index contributed by atoms with van der Waals surface area (Å²) in [7, 11) is 0. The van der Waals surface area contributed by atoms with Gasteiger partial charge in [0.2, 0.25) is 0 Å². The van der Waals surface area contributed by atoms with Gasteiger partial charge in [0, 0.05) is 5.02 Å². The molecule has 0 radical (unpaired) electrons. The fourth-order valence-electron chi connectivity index (χ4n) is 2.12. The highest BCUT2D eigenvalue weighted by atomic mass is 35.5. The Morgan fingerprint density at radius 1 is 1.05 bits per heavy atom. The number of hydrogen-bond donors (Lipinski definition) is 1. The fourth-order valence-corrected chi connectivity index (χ4v) is 2.36. The zero-order chi connectivity index (χ0) is 14.9. The van der Waals surface area contributed by atoms with Crippen LogP contribution in [-0.4, -0.2) is 0 Å². The van der Waals surface area contributed by atoms with Gasteiger partial charge in [0.15, 0.2) is 0 Å². The van der Waals surface area contributed by atoms with E-state index in [4.69, 9.17) is 17.3 Å². The number of rotatable bonds is 2. The Kier molecular flexibility index (Phi) is 4.17. The molecule has 0 aliphatic heterocycles. The van der Waals surface area contributed by atoms with Crippen molar-refractivity contribution in [3.05, 3.63) is 70.0 Å². The van der Waals surface area contributed by atoms with Crippen molar-refractivity contribution in [1.29, 1.82) is 0 Å². The van der Waals surface area contributed by atoms with E-state index in [9.17, 15) is 4.39 Å². The molecule has 0 aromatic heterocycles. The Balaban J connectivity index is 2.34. The largest absolute Gasteiger partial charge is 0.320 e. The quantitative estimate of drug-likeness (QED) is 0.843. The van der Waals surface area contributed by atoms with Crippen LogP contribution in [0.2, 0.25) is 5.02 Å². The molecule has 0 saturated heterocycles. The fraction of sp³-hybridized carbons (Fsp3) is 0.294. The molecule has 2 aromatic carbocycles. The van der Waals surface area contributed by atoms with Crippen molar-refractivity contribution in [2.45, 2.75) is 32.2 Å². The van der Waals surface area contributed by atoms with Crippen LogP contribution in [0.4, 0.5) is 4.39 Å². The molecule has 1 atom stereocenters. The van der Waals surface area contributed by atoms with Gasteiger partial charge < -0.3 is 5.73 Å². The Morgan fingerprint density at radius 2 is 1.65 bits per heavy atom. The lowest BCUT2D eigenvalue weighted by atomic mass is 9.86. The molecule has 0 aliphatic rings. The van der Waals surface area contributed by atoms with Crippen LogP contribution < -0.4 is 5.73 Å². The first kappa shape index (κ1) is 15.0. The van der Waals surface area contributed by atoms with Gasteiger partial charge in [-0.1, -0.05) is 56.6 Å². The SMILES string of the molecule is CC(C)(C)c1ccc(C(N)c2cc(F)ccc2Cl)cc1. The first-order valence-corrected chi connectivity index (χ1v) is 6.98. The van der Waals surface area contributed by atoms with Gasteiger partial charge in [0.1, 0.15) is 5.82 Å². The minimum Gasteiger partial charge on any atom is -0.320 e. The summed E-state index contributed by atoms with van der Waals surface area (Å²) < 4.78 is 13.3. The molecule has 0 aliphatic carbocycles. The second-order valence-corrected chi connectivity index (χ2v) is 6.42. The Hall–Kier alpha value is -1.38. The van der Waals surface area contributed by atoms with E-state index in [0.29, 0.717) is 10.6 Å². The van der Waals surface area contributed by atoms with Gasteiger partial charge in [-0.2, -0.15) is 0 Å². The number of hydrogen-bond acceptors (Lipinski definition) is 1. The van der Waals surface area contributed by atoms with Crippen LogP contribution in [0, 0.1) is 5.82 Å². The third-order valence-electron chi connectivity index (χ3n) is 3.43. The Bertz CT molecular complexity index is 599. The summed E-state index contributed by atoms with van der Waals surface area (Å²) in [6, 6.07) is 11.9. The van der Waals surface area contributed by atoms with Crippen LogP contribution in [0.3, 0.4) is 0 Å². The molecule has 0 saturated carbocycles. The third kappa shape index (κ3) is 3.20. The molecule has 2 aromatic rings. The summed E-state index contributed by atoms with van der Waals surface area (Å²) >= 11 is 6.10. The van der Waals surface area contributed by atoms with Crippen molar-refractivity contribution in [3.8, 4) is 0 Å². The summed E-state index contributed by atoms with van der Waals surface area (Å²) in [4.78, 5) is 0. The highest BCUT2D eigenvalue weighted by Crippen LogP contribution is 2.29. The molecular formula is C17H19ClFN. The highest BCUT2D eigenvalue weighted by Gasteiger charge is 2.16. The predicted molar refractivity (Wildman–Crippen MR) is 82.6 cm³/mol. The van der Waals surface area contributed by atoms with E-state index < -0.39 is 6.04 Å². The van der Waals surface area contributed by atoms with E-state index in [1.807, 2.05) is 12.1 Å². The monoisotopic (exact) mass is 291 g/mol. The van der Waals surface area contributed by atoms with Crippen molar-refractivity contribution in [1.82, 2.24) is 0 Å². The molecule has 2 N–H and O–H groups in total. The normalized spacial score (nSPS) is 13.3. The number of nitrogens with two attached hydrogens (primary N) is 1. The van der Waals surface area contributed by atoms with Crippen LogP contribution in [0.15, 0.2) is 42.5 Å². The Labute approximate surface area is 124 Å². The van der Waals surface area contributed by atoms with Crippen molar-refractivity contribution < 1.29 is 4.39 Å². The van der Waals surface area contributed by atoms with Gasteiger partial charge in [-0.25, -0.2) is 4.39 Å². The summed E-state index contributed by atoms with van der Waals surface area (Å²) in [6.07, 6.45) is 0. The van der Waals surface area contributed by atoms with E-state index in [-0.39, 0.29) is 11.2 Å². The summed E-state index contributed by atoms with van der Waals surface area (Å²) in [5, 5.41) is 0.485. The van der Waals surface area contributed by atoms with E-state index in [2.05, 4.69) is 32.9 Å². The first-order valence-electron chi connectivity index (χ1n) is 6.60. The van der Waals surface area contributed by atoms with E-state index in [1.165, 1.54) is 23.8 Å². The highest BCUT2D eigenvalue weighted by molar-refractivity contribution is 6.31. The molecule has 20 heavy (non-hydrogen) atoms. The predicted octanol–water partition coefficient (Wildman–Crippen LogP) is 4.82. The molecule has 1 nitrogen and oxygen atoms in total. The van der Waals surface area contributed by atoms with Crippen molar-refractivity contribution >= 4 is 11.6 Å². The number of benzene rings is 2. The minimum absolute atomic E-state index is 0.0964. The van der Waals surface area contributed by atoms with Crippen molar-refractivity contribution in [3.63, 3.8) is 0 Å². The van der Waals surface area contributed by atoms with Gasteiger partial charge in [-0.15, -0.1) is 0 Å². The average Bonchev–Trinajstić information content (AvgIpc) is 2.40. The molecule has 106 valence electrons. The van der Waals surface area contributed by atoms with Gasteiger partial charge in [-0.05, 0) is 40.3 Å². The van der Waals surface area contributed by atoms with Gasteiger partial charge >= 0.3 is 0 Å². The van der Waals surface area contributed by atoms with Crippen LogP contribution in [-0.2, 0) is 5.41 Å². The lowest BCUT2D eigenvalue weighted by Gasteiger charge is -2.20. The second kappa shape index (κ2) is 5.55. The van der Waals surface area contributed by atoms with Gasteiger partial charge in [-0.3, -0.25) is 0 Å². The molecule has 2 rings (SSSR count). The Morgan fingerprint density at radius 3 is 2.20 bits per heavy atom. The average molecular weight is 292 g/mol. The maximum atomic E-state index is 13.3. The maximum absolute atomic E-state index is 13.3. The van der Waals surface area contributed by atoms with Gasteiger partial charge in [0.05, 0.1) is 6.04 Å². The molecule has 0 heterocycles. The molecule has 0 spiro atoms. The van der Waals surface area contributed by atoms with E-state index in [0.717, 1.165) is 5.56 Å². The lowest BCUT2D eigenvalue weighted by Crippen LogP contribution is -2.14. The minimum atomic E-state index is -0.424. The third-order valence-corrected chi connectivity index (χ3v) is 3.77. The smallest absolute Gasteiger partial charge is 0.123 e. The molecule has 0 fully saturated rings. The topological polar surface area (TPSA) is 26.0 Å². The molecule has 1 unspecified atom stereocenters. The standard InChI is InChI=1S/C17H19ClFN/c1-17(2,3)12-6-4-11(5-7-12)16(20)14-10-13(19)8-9-15(14)18/h4-10,16H,20H2,1-3H3. The van der Waals surface area contributed by atoms with Crippen molar-refractivity contribution in [2.24, 2.45) is 5.73 Å². The van der Waals surface area contributed by atoms with Crippen LogP contribution in [0.25, 0.3) is 0 Å². The van der Waals surface area contributed by atoms with Gasteiger partial charge in [0.25, 0.3) is 0 Å². The van der Waals surface area contributed by atoms with Crippen LogP contribution >= 0.6 is 11.6 Å². The van der Waals surface area contributed by atoms with E-state index >= 15 is 0 Å². The lowest BCUT2D eigenvalue weighted by molar-refractivity contribution is 0.589. The molecule has 0 amide bonds. The second-order valence-electron chi connectivity index (χ2n) is 6.02. The summed E-state index contributed by atoms with van der Waals surface area (Å²) in [6.45, 7) is 6.47. The van der Waals surface area contributed by atoms with E-state index in [1.54, 1.807) is 0 Å². The summed E-state index contributed by atoms with van der Waals surface area (Å²) in [5.74, 6) is -0.328. The summed E-state index contributed by atoms with van der Waals surface area (Å²) in [5.41, 5.74) is 9.05. The van der Waals surface area contributed by atoms with Crippen LogP contribution in [0.5, 0.6) is 0 Å². The zero-order valence-electron chi connectivity index (χ0n) is 12.0. The maximum Gasteiger partial charge on any atom is 0.123 e. The zero-order valence-corrected chi connectivity index (χ0v) is 12.7. The number of halogens is 2. The van der Waals surface area contributed by atoms with Crippen molar-refractivity contribution in [2.75, 3.05) is 0 Å². The first-order chi connectivity index (χ1) is 9.29. The molecule has 0 bridgehead atoms. The molecule has 3 heteroatoms. The molecular weight excluding hydrogens is 273 g/mol. The van der Waals surface area contributed by atoms with Crippen LogP contribution in [0.1, 0.15) is 43.5 Å².